The van der Waals surface area contributed by atoms with Crippen LogP contribution in [-0.4, -0.2) is 86.7 Å². The zero-order valence-electron chi connectivity index (χ0n) is 33.1. The van der Waals surface area contributed by atoms with Crippen LogP contribution in [0.1, 0.15) is 92.0 Å². The van der Waals surface area contributed by atoms with Gasteiger partial charge in [-0.25, -0.2) is 4.79 Å². The normalized spacial score (nSPS) is 13.8. The van der Waals surface area contributed by atoms with Crippen molar-refractivity contribution in [3.63, 3.8) is 0 Å². The Bertz CT molecular complexity index is 1830. The lowest BCUT2D eigenvalue weighted by Gasteiger charge is -2.22. The summed E-state index contributed by atoms with van der Waals surface area (Å²) in [4.78, 5) is 66.3. The molecule has 0 saturated carbocycles. The van der Waals surface area contributed by atoms with Gasteiger partial charge < -0.3 is 45.1 Å². The Morgan fingerprint density at radius 2 is 1.66 bits per heavy atom. The van der Waals surface area contributed by atoms with Gasteiger partial charge in [-0.3, -0.25) is 19.2 Å². The molecule has 0 unspecified atom stereocenters. The minimum atomic E-state index is -0.590. The number of unbranched alkanes of at least 4 members (excludes halogenated alkanes) is 2. The molecule has 1 aliphatic heterocycles. The second-order valence-electron chi connectivity index (χ2n) is 14.5. The summed E-state index contributed by atoms with van der Waals surface area (Å²) in [7, 11) is 3.15. The van der Waals surface area contributed by atoms with Gasteiger partial charge in [0.05, 0.1) is 31.6 Å². The number of benzene rings is 3. The lowest BCUT2D eigenvalue weighted by molar-refractivity contribution is -0.137. The Balaban J connectivity index is 1.27. The molecular weight excluding hydrogens is 718 g/mol. The van der Waals surface area contributed by atoms with Crippen LogP contribution in [0.25, 0.3) is 0 Å². The molecule has 14 nitrogen and oxygen atoms in total. The first-order valence-electron chi connectivity index (χ1n) is 19.0. The van der Waals surface area contributed by atoms with Gasteiger partial charge in [-0.1, -0.05) is 36.8 Å². The van der Waals surface area contributed by atoms with E-state index in [2.05, 4.69) is 10.6 Å². The summed E-state index contributed by atoms with van der Waals surface area (Å²) in [6.07, 6.45) is 4.06. The molecule has 56 heavy (non-hydrogen) atoms. The van der Waals surface area contributed by atoms with Gasteiger partial charge in [0.2, 0.25) is 11.8 Å². The van der Waals surface area contributed by atoms with E-state index >= 15 is 0 Å². The van der Waals surface area contributed by atoms with Crippen LogP contribution in [0.2, 0.25) is 0 Å². The van der Waals surface area contributed by atoms with Crippen molar-refractivity contribution >= 4 is 41.1 Å². The van der Waals surface area contributed by atoms with Crippen LogP contribution in [0.5, 0.6) is 11.5 Å². The second kappa shape index (κ2) is 20.9. The number of nitrogens with one attached hydrogen (secondary N) is 2. The Morgan fingerprint density at radius 1 is 0.911 bits per heavy atom. The average Bonchev–Trinajstić information content (AvgIpc) is 3.67. The monoisotopic (exact) mass is 773 g/mol. The highest BCUT2D eigenvalue weighted by atomic mass is 16.6. The fourth-order valence-electron chi connectivity index (χ4n) is 6.26. The number of likely N-dealkylation sites (tertiary alicyclic amines) is 1. The molecule has 14 heteroatoms. The van der Waals surface area contributed by atoms with E-state index in [9.17, 15) is 24.0 Å². The van der Waals surface area contributed by atoms with Gasteiger partial charge in [-0.2, -0.15) is 0 Å². The number of rotatable bonds is 19. The number of ether oxygens (including phenoxy) is 4. The lowest BCUT2D eigenvalue weighted by atomic mass is 10.1. The minimum absolute atomic E-state index is 0.0299. The molecule has 1 aliphatic rings. The molecule has 0 spiro atoms. The van der Waals surface area contributed by atoms with Crippen LogP contribution in [0, 0.1) is 0 Å². The van der Waals surface area contributed by atoms with Crippen molar-refractivity contribution in [2.75, 3.05) is 50.7 Å². The maximum absolute atomic E-state index is 13.7. The standard InChI is InChI=1S/C42H55N5O9/c1-42(2,3)56-41(52)44-23-14-26-55-35-19-11-9-16-31(35)39(50)45-32-22-21-29(27-36(32)53-5)40(51)46(4)33-17-10-8-15-30(33)28-54-25-12-6-7-20-37(48)47-24-13-18-34(47)38(43)49/h8-11,15-17,19,21-22,27,34H,6-7,12-14,18,20,23-26,28H2,1-5H3,(H2,43,49)(H,44,52)(H,45,50)/t34-/m0/s1. The summed E-state index contributed by atoms with van der Waals surface area (Å²) in [5, 5.41) is 5.55. The highest BCUT2D eigenvalue weighted by molar-refractivity contribution is 6.09. The molecule has 4 N–H and O–H groups in total. The number of hydrogen-bond donors (Lipinski definition) is 3. The quantitative estimate of drug-likeness (QED) is 0.122. The number of methoxy groups -OCH3 is 1. The maximum atomic E-state index is 13.7. The van der Waals surface area contributed by atoms with Crippen molar-refractivity contribution in [3.05, 3.63) is 83.4 Å². The SMILES string of the molecule is COc1cc(C(=O)N(C)c2ccccc2COCCCCCC(=O)N2CCC[C@H]2C(N)=O)ccc1NC(=O)c1ccccc1OCCCNC(=O)OC(C)(C)C. The van der Waals surface area contributed by atoms with Crippen molar-refractivity contribution in [1.29, 1.82) is 0 Å². The zero-order valence-corrected chi connectivity index (χ0v) is 33.1. The number of carbonyl (C=O) groups excluding carboxylic acids is 5. The summed E-state index contributed by atoms with van der Waals surface area (Å²) in [5.41, 5.74) is 7.40. The van der Waals surface area contributed by atoms with Gasteiger partial charge >= 0.3 is 6.09 Å². The lowest BCUT2D eigenvalue weighted by Crippen LogP contribution is -2.43. The first-order chi connectivity index (χ1) is 26.8. The van der Waals surface area contributed by atoms with E-state index in [-0.39, 0.29) is 18.4 Å². The molecule has 0 aliphatic carbocycles. The van der Waals surface area contributed by atoms with Gasteiger partial charge in [0, 0.05) is 50.0 Å². The van der Waals surface area contributed by atoms with E-state index in [1.807, 2.05) is 24.3 Å². The van der Waals surface area contributed by atoms with Gasteiger partial charge in [0.25, 0.3) is 11.8 Å². The average molecular weight is 774 g/mol. The highest BCUT2D eigenvalue weighted by Crippen LogP contribution is 2.30. The molecule has 1 heterocycles. The summed E-state index contributed by atoms with van der Waals surface area (Å²) in [6.45, 7) is 7.33. The van der Waals surface area contributed by atoms with Gasteiger partial charge in [-0.15, -0.1) is 0 Å². The van der Waals surface area contributed by atoms with Gasteiger partial charge in [0.1, 0.15) is 23.1 Å². The molecule has 1 saturated heterocycles. The third-order valence-corrected chi connectivity index (χ3v) is 9.07. The number of anilines is 2. The number of amides is 5. The Morgan fingerprint density at radius 3 is 2.41 bits per heavy atom. The van der Waals surface area contributed by atoms with Crippen molar-refractivity contribution in [1.82, 2.24) is 10.2 Å². The molecule has 3 aromatic rings. The first kappa shape index (κ1) is 43.1. The van der Waals surface area contributed by atoms with Crippen molar-refractivity contribution < 1.29 is 42.9 Å². The van der Waals surface area contributed by atoms with Crippen LogP contribution >= 0.6 is 0 Å². The van der Waals surface area contributed by atoms with E-state index < -0.39 is 29.6 Å². The summed E-state index contributed by atoms with van der Waals surface area (Å²) in [6, 6.07) is 18.7. The molecule has 0 aromatic heterocycles. The van der Waals surface area contributed by atoms with Gasteiger partial charge in [0.15, 0.2) is 0 Å². The van der Waals surface area contributed by atoms with Crippen LogP contribution in [0.3, 0.4) is 0 Å². The van der Waals surface area contributed by atoms with Crippen LogP contribution in [0.4, 0.5) is 16.2 Å². The number of primary amides is 1. The molecule has 5 amide bonds. The zero-order chi connectivity index (χ0) is 40.7. The van der Waals surface area contributed by atoms with E-state index in [1.54, 1.807) is 80.1 Å². The molecule has 1 fully saturated rings. The first-order valence-corrected chi connectivity index (χ1v) is 19.0. The van der Waals surface area contributed by atoms with E-state index in [1.165, 1.54) is 7.11 Å². The van der Waals surface area contributed by atoms with E-state index in [0.29, 0.717) is 86.0 Å². The summed E-state index contributed by atoms with van der Waals surface area (Å²) < 4.78 is 22.6. The Kier molecular flexibility index (Phi) is 16.1. The molecule has 3 aromatic carbocycles. The van der Waals surface area contributed by atoms with E-state index in [4.69, 9.17) is 24.7 Å². The number of nitrogens with two attached hydrogens (primary N) is 1. The smallest absolute Gasteiger partial charge is 0.407 e. The van der Waals surface area contributed by atoms with Crippen LogP contribution in [0.15, 0.2) is 66.7 Å². The molecule has 302 valence electrons. The number of para-hydroxylation sites is 2. The summed E-state index contributed by atoms with van der Waals surface area (Å²) in [5.74, 6) is -0.502. The largest absolute Gasteiger partial charge is 0.495 e. The number of carbonyl (C=O) groups is 5. The fourth-order valence-corrected chi connectivity index (χ4v) is 6.26. The minimum Gasteiger partial charge on any atom is -0.495 e. The van der Waals surface area contributed by atoms with Crippen molar-refractivity contribution in [2.24, 2.45) is 5.73 Å². The Hall–Kier alpha value is -5.63. The molecule has 4 rings (SSSR count). The number of alkyl carbamates (subject to hydrolysis) is 1. The molecule has 1 atom stereocenters. The Labute approximate surface area is 329 Å². The number of hydrogen-bond acceptors (Lipinski definition) is 9. The predicted molar refractivity (Wildman–Crippen MR) is 213 cm³/mol. The third-order valence-electron chi connectivity index (χ3n) is 9.07. The maximum Gasteiger partial charge on any atom is 0.407 e. The molecule has 0 radical (unpaired) electrons. The topological polar surface area (TPSA) is 179 Å². The third kappa shape index (κ3) is 12.7. The highest BCUT2D eigenvalue weighted by Gasteiger charge is 2.32. The van der Waals surface area contributed by atoms with Gasteiger partial charge in [-0.05, 0) is 89.3 Å². The molecule has 0 bridgehead atoms. The van der Waals surface area contributed by atoms with E-state index in [0.717, 1.165) is 24.8 Å². The van der Waals surface area contributed by atoms with Crippen LogP contribution < -0.4 is 30.7 Å². The number of nitrogens with zero attached hydrogens (tertiary/aromatic N) is 2. The second-order valence-corrected chi connectivity index (χ2v) is 14.5. The summed E-state index contributed by atoms with van der Waals surface area (Å²) >= 11 is 0. The predicted octanol–water partition coefficient (Wildman–Crippen LogP) is 6.07. The van der Waals surface area contributed by atoms with Crippen LogP contribution in [-0.2, 0) is 25.7 Å². The van der Waals surface area contributed by atoms with Crippen molar-refractivity contribution in [3.8, 4) is 11.5 Å². The van der Waals surface area contributed by atoms with Crippen molar-refractivity contribution in [2.45, 2.75) is 84.0 Å². The molecular formula is C42H55N5O9. The fraction of sp³-hybridized carbons (Fsp3) is 0.452.